The van der Waals surface area contributed by atoms with Crippen LogP contribution in [-0.4, -0.2) is 4.98 Å². The number of H-pyrrole nitrogens is 1. The lowest BCUT2D eigenvalue weighted by atomic mass is 10.2. The second kappa shape index (κ2) is 2.63. The number of nitrogens with two attached hydrogens (primary N) is 2. The minimum Gasteiger partial charge on any atom is -0.397 e. The van der Waals surface area contributed by atoms with Crippen molar-refractivity contribution in [1.29, 1.82) is 0 Å². The lowest BCUT2D eigenvalue weighted by Crippen LogP contribution is -2.16. The van der Waals surface area contributed by atoms with Crippen molar-refractivity contribution in [3.63, 3.8) is 0 Å². The van der Waals surface area contributed by atoms with Gasteiger partial charge in [-0.05, 0) is 12.1 Å². The number of hydrogen-bond acceptors (Lipinski definition) is 5. The van der Waals surface area contributed by atoms with E-state index in [-0.39, 0.29) is 16.8 Å². The van der Waals surface area contributed by atoms with Gasteiger partial charge in [0, 0.05) is 0 Å². The van der Waals surface area contributed by atoms with Crippen LogP contribution in [0, 0.1) is 0 Å². The molecule has 5 N–H and O–H groups in total. The highest BCUT2D eigenvalue weighted by Gasteiger charge is 2.08. The number of rotatable bonds is 0. The van der Waals surface area contributed by atoms with Crippen LogP contribution in [0.5, 0.6) is 0 Å². The van der Waals surface area contributed by atoms with Gasteiger partial charge in [0.2, 0.25) is 0 Å². The maximum atomic E-state index is 11.3. The molecule has 0 radical (unpaired) electrons. The number of fused-ring (bicyclic) bond motifs is 1. The SMILES string of the molecule is Nc1ccc2[nH]c(=O)oc(=O)c2c1N. The number of aromatic amines is 1. The Hall–Kier alpha value is -2.24. The van der Waals surface area contributed by atoms with Gasteiger partial charge in [-0.25, -0.2) is 9.59 Å². The molecular formula is C8H7N3O3. The Morgan fingerprint density at radius 1 is 1.21 bits per heavy atom. The van der Waals surface area contributed by atoms with Crippen molar-refractivity contribution in [3.8, 4) is 0 Å². The summed E-state index contributed by atoms with van der Waals surface area (Å²) in [7, 11) is 0. The number of nitrogens with one attached hydrogen (secondary N) is 1. The van der Waals surface area contributed by atoms with E-state index in [1.807, 2.05) is 0 Å². The Morgan fingerprint density at radius 3 is 2.64 bits per heavy atom. The number of benzene rings is 1. The first kappa shape index (κ1) is 8.36. The summed E-state index contributed by atoms with van der Waals surface area (Å²) >= 11 is 0. The molecule has 6 heteroatoms. The zero-order valence-corrected chi connectivity index (χ0v) is 7.03. The van der Waals surface area contributed by atoms with Crippen LogP contribution in [0.1, 0.15) is 0 Å². The van der Waals surface area contributed by atoms with Crippen LogP contribution in [-0.2, 0) is 0 Å². The molecular weight excluding hydrogens is 186 g/mol. The Labute approximate surface area is 77.1 Å². The fraction of sp³-hybridized carbons (Fsp3) is 0. The molecule has 0 unspecified atom stereocenters. The van der Waals surface area contributed by atoms with Crippen LogP contribution < -0.4 is 22.8 Å². The average Bonchev–Trinajstić information content (AvgIpc) is 2.10. The second-order valence-electron chi connectivity index (χ2n) is 2.79. The summed E-state index contributed by atoms with van der Waals surface area (Å²) < 4.78 is 4.32. The smallest absolute Gasteiger partial charge is 0.397 e. The van der Waals surface area contributed by atoms with Gasteiger partial charge >= 0.3 is 11.4 Å². The predicted molar refractivity (Wildman–Crippen MR) is 51.9 cm³/mol. The number of anilines is 2. The molecule has 72 valence electrons. The third-order valence-corrected chi connectivity index (χ3v) is 1.91. The minimum atomic E-state index is -0.813. The molecule has 0 atom stereocenters. The largest absolute Gasteiger partial charge is 0.419 e. The minimum absolute atomic E-state index is 0.101. The van der Waals surface area contributed by atoms with E-state index >= 15 is 0 Å². The molecule has 0 aliphatic heterocycles. The standard InChI is InChI=1S/C8H7N3O3/c9-3-1-2-4-5(6(3)10)7(12)14-8(13)11-4/h1-2H,9-10H2,(H,11,13). The van der Waals surface area contributed by atoms with Gasteiger partial charge in [0.1, 0.15) is 5.39 Å². The van der Waals surface area contributed by atoms with E-state index in [4.69, 9.17) is 11.5 Å². The Morgan fingerprint density at radius 2 is 1.93 bits per heavy atom. The van der Waals surface area contributed by atoms with Gasteiger partial charge < -0.3 is 15.9 Å². The predicted octanol–water partition coefficient (Wildman–Crippen LogP) is -0.354. The van der Waals surface area contributed by atoms with Gasteiger partial charge in [0.15, 0.2) is 0 Å². The molecule has 1 heterocycles. The van der Waals surface area contributed by atoms with Crippen LogP contribution in [0.4, 0.5) is 11.4 Å². The van der Waals surface area contributed by atoms with Crippen molar-refractivity contribution >= 4 is 22.3 Å². The average molecular weight is 193 g/mol. The van der Waals surface area contributed by atoms with Crippen molar-refractivity contribution in [2.45, 2.75) is 0 Å². The first-order valence-electron chi connectivity index (χ1n) is 3.80. The monoisotopic (exact) mass is 193 g/mol. The summed E-state index contributed by atoms with van der Waals surface area (Å²) in [6, 6.07) is 3.01. The highest BCUT2D eigenvalue weighted by atomic mass is 16.4. The fourth-order valence-electron chi connectivity index (χ4n) is 1.23. The van der Waals surface area contributed by atoms with Gasteiger partial charge in [-0.15, -0.1) is 0 Å². The molecule has 14 heavy (non-hydrogen) atoms. The van der Waals surface area contributed by atoms with Crippen LogP contribution in [0.15, 0.2) is 26.1 Å². The van der Waals surface area contributed by atoms with E-state index in [1.54, 1.807) is 0 Å². The molecule has 2 aromatic rings. The number of aromatic nitrogens is 1. The van der Waals surface area contributed by atoms with E-state index in [9.17, 15) is 9.59 Å². The Kier molecular flexibility index (Phi) is 1.57. The van der Waals surface area contributed by atoms with E-state index in [2.05, 4.69) is 9.40 Å². The first-order chi connectivity index (χ1) is 6.59. The number of nitrogen functional groups attached to an aromatic ring is 2. The zero-order chi connectivity index (χ0) is 10.3. The van der Waals surface area contributed by atoms with Crippen molar-refractivity contribution in [2.75, 3.05) is 11.5 Å². The fourth-order valence-corrected chi connectivity index (χ4v) is 1.23. The van der Waals surface area contributed by atoms with Crippen LogP contribution in [0.2, 0.25) is 0 Å². The molecule has 6 nitrogen and oxygen atoms in total. The van der Waals surface area contributed by atoms with Crippen molar-refractivity contribution in [1.82, 2.24) is 4.98 Å². The molecule has 0 amide bonds. The summed E-state index contributed by atoms with van der Waals surface area (Å²) in [6.45, 7) is 0. The third-order valence-electron chi connectivity index (χ3n) is 1.91. The summed E-state index contributed by atoms with van der Waals surface area (Å²) in [5, 5.41) is 0.101. The summed E-state index contributed by atoms with van der Waals surface area (Å²) in [4.78, 5) is 24.4. The quantitative estimate of drug-likeness (QED) is 0.494. The summed E-state index contributed by atoms with van der Waals surface area (Å²) in [6.07, 6.45) is 0. The lowest BCUT2D eigenvalue weighted by Gasteiger charge is -2.01. The molecule has 0 bridgehead atoms. The molecule has 1 aromatic heterocycles. The maximum Gasteiger partial charge on any atom is 0.419 e. The molecule has 0 aliphatic carbocycles. The van der Waals surface area contributed by atoms with E-state index in [0.29, 0.717) is 5.52 Å². The lowest BCUT2D eigenvalue weighted by molar-refractivity contribution is 0.460. The van der Waals surface area contributed by atoms with Crippen molar-refractivity contribution < 1.29 is 4.42 Å². The molecule has 1 aromatic carbocycles. The topological polar surface area (TPSA) is 115 Å². The summed E-state index contributed by atoms with van der Waals surface area (Å²) in [5.41, 5.74) is 11.0. The molecule has 0 aliphatic rings. The normalized spacial score (nSPS) is 10.6. The molecule has 0 saturated heterocycles. The van der Waals surface area contributed by atoms with Gasteiger partial charge in [-0.3, -0.25) is 4.98 Å². The van der Waals surface area contributed by atoms with E-state index in [0.717, 1.165) is 0 Å². The second-order valence-corrected chi connectivity index (χ2v) is 2.79. The van der Waals surface area contributed by atoms with Crippen LogP contribution in [0.3, 0.4) is 0 Å². The van der Waals surface area contributed by atoms with E-state index < -0.39 is 11.4 Å². The highest BCUT2D eigenvalue weighted by molar-refractivity contribution is 5.95. The van der Waals surface area contributed by atoms with Gasteiger partial charge in [0.25, 0.3) is 0 Å². The van der Waals surface area contributed by atoms with Gasteiger partial charge in [0.05, 0.1) is 16.9 Å². The summed E-state index contributed by atoms with van der Waals surface area (Å²) in [5.74, 6) is -0.813. The van der Waals surface area contributed by atoms with Crippen molar-refractivity contribution in [2.24, 2.45) is 0 Å². The molecule has 2 rings (SSSR count). The third kappa shape index (κ3) is 1.05. The maximum absolute atomic E-state index is 11.3. The molecule has 0 saturated carbocycles. The van der Waals surface area contributed by atoms with Gasteiger partial charge in [-0.1, -0.05) is 0 Å². The van der Waals surface area contributed by atoms with Crippen LogP contribution in [0.25, 0.3) is 10.9 Å². The first-order valence-corrected chi connectivity index (χ1v) is 3.80. The number of hydrogen-bond donors (Lipinski definition) is 3. The van der Waals surface area contributed by atoms with E-state index in [1.165, 1.54) is 12.1 Å². The van der Waals surface area contributed by atoms with Gasteiger partial charge in [-0.2, -0.15) is 0 Å². The Bertz CT molecular complexity index is 611. The zero-order valence-electron chi connectivity index (χ0n) is 7.03. The highest BCUT2D eigenvalue weighted by Crippen LogP contribution is 2.21. The Balaban J connectivity index is 3.11. The van der Waals surface area contributed by atoms with Crippen LogP contribution >= 0.6 is 0 Å². The van der Waals surface area contributed by atoms with Crippen molar-refractivity contribution in [3.05, 3.63) is 33.1 Å². The molecule has 0 fully saturated rings. The molecule has 0 spiro atoms.